The maximum absolute atomic E-state index is 13.6. The van der Waals surface area contributed by atoms with Gasteiger partial charge in [-0.05, 0) is 44.6 Å². The zero-order valence-corrected chi connectivity index (χ0v) is 25.6. The Morgan fingerprint density at radius 1 is 1.17 bits per heavy atom. The number of fused-ring (bicyclic) bond motifs is 2. The average Bonchev–Trinajstić information content (AvgIpc) is 2.94. The summed E-state index contributed by atoms with van der Waals surface area (Å²) < 4.78 is 16.6. The van der Waals surface area contributed by atoms with Crippen molar-refractivity contribution in [2.75, 3.05) is 20.8 Å². The molecule has 2 bridgehead atoms. The smallest absolute Gasteiger partial charge is 0.405 e. The molecule has 1 unspecified atom stereocenters. The van der Waals surface area contributed by atoms with Gasteiger partial charge in [0.2, 0.25) is 11.6 Å². The number of aliphatic hydroxyl groups is 1. The van der Waals surface area contributed by atoms with Gasteiger partial charge in [-0.25, -0.2) is 4.79 Å². The Kier molecular flexibility index (Phi) is 13.4. The first-order chi connectivity index (χ1) is 19.8. The Hall–Kier alpha value is -3.54. The number of nitrogens with one attached hydrogen (secondary N) is 2. The summed E-state index contributed by atoms with van der Waals surface area (Å²) in [5, 5.41) is 16.9. The van der Waals surface area contributed by atoms with Crippen molar-refractivity contribution in [1.82, 2.24) is 10.6 Å². The van der Waals surface area contributed by atoms with E-state index in [1.54, 1.807) is 32.1 Å². The molecule has 0 aromatic heterocycles. The number of hydrogen-bond acceptors (Lipinski definition) is 9. The highest BCUT2D eigenvalue weighted by Crippen LogP contribution is 2.28. The van der Waals surface area contributed by atoms with E-state index in [0.717, 1.165) is 12.5 Å². The number of Topliss-reactive ketones (excluding diaryl/α,β-unsaturated/α-hetero) is 1. The number of allylic oxidation sites excluding steroid dienone is 4. The first kappa shape index (κ1) is 34.7. The van der Waals surface area contributed by atoms with Crippen LogP contribution in [-0.4, -0.2) is 73.9 Å². The second-order valence-corrected chi connectivity index (χ2v) is 10.9. The van der Waals surface area contributed by atoms with Gasteiger partial charge in [0.05, 0.1) is 23.6 Å². The molecule has 2 aliphatic rings. The largest absolute Gasteiger partial charge is 0.439 e. The van der Waals surface area contributed by atoms with Crippen LogP contribution in [0.4, 0.5) is 4.79 Å². The van der Waals surface area contributed by atoms with Crippen LogP contribution in [0.15, 0.2) is 58.5 Å². The van der Waals surface area contributed by atoms with Gasteiger partial charge < -0.3 is 35.7 Å². The molecule has 0 aromatic rings. The van der Waals surface area contributed by atoms with E-state index in [9.17, 15) is 24.3 Å². The zero-order chi connectivity index (χ0) is 31.6. The lowest BCUT2D eigenvalue weighted by molar-refractivity contribution is -0.120. The van der Waals surface area contributed by atoms with E-state index in [2.05, 4.69) is 10.6 Å². The van der Waals surface area contributed by atoms with Crippen molar-refractivity contribution in [1.29, 1.82) is 0 Å². The monoisotopic (exact) mass is 587 g/mol. The minimum absolute atomic E-state index is 0.106. The van der Waals surface area contributed by atoms with Gasteiger partial charge in [-0.1, -0.05) is 45.1 Å². The van der Waals surface area contributed by atoms with Gasteiger partial charge in [-0.15, -0.1) is 0 Å². The number of amides is 2. The van der Waals surface area contributed by atoms with E-state index in [1.807, 2.05) is 20.8 Å². The van der Waals surface area contributed by atoms with Gasteiger partial charge in [0, 0.05) is 43.9 Å². The predicted octanol–water partition coefficient (Wildman–Crippen LogP) is 2.76. The molecule has 0 spiro atoms. The molecular formula is C31H45N3O8. The van der Waals surface area contributed by atoms with E-state index in [-0.39, 0.29) is 34.9 Å². The molecule has 0 saturated heterocycles. The van der Waals surface area contributed by atoms with Crippen molar-refractivity contribution in [3.63, 3.8) is 0 Å². The van der Waals surface area contributed by atoms with Crippen LogP contribution >= 0.6 is 0 Å². The molecule has 2 amide bonds. The van der Waals surface area contributed by atoms with Gasteiger partial charge in [-0.3, -0.25) is 14.4 Å². The zero-order valence-electron chi connectivity index (χ0n) is 25.6. The fourth-order valence-electron chi connectivity index (χ4n) is 5.03. The summed E-state index contributed by atoms with van der Waals surface area (Å²) >= 11 is 0. The summed E-state index contributed by atoms with van der Waals surface area (Å²) in [6, 6.07) is 0. The van der Waals surface area contributed by atoms with Crippen LogP contribution in [0.2, 0.25) is 0 Å². The highest BCUT2D eigenvalue weighted by Gasteiger charge is 2.33. The Morgan fingerprint density at radius 2 is 1.86 bits per heavy atom. The van der Waals surface area contributed by atoms with E-state index in [4.69, 9.17) is 19.9 Å². The molecule has 11 nitrogen and oxygen atoms in total. The van der Waals surface area contributed by atoms with E-state index < -0.39 is 53.9 Å². The number of ketones is 2. The highest BCUT2D eigenvalue weighted by atomic mass is 16.6. The summed E-state index contributed by atoms with van der Waals surface area (Å²) in [5.74, 6) is -2.01. The Labute approximate surface area is 247 Å². The lowest BCUT2D eigenvalue weighted by atomic mass is 9.85. The quantitative estimate of drug-likeness (QED) is 0.270. The molecular weight excluding hydrogens is 542 g/mol. The molecule has 0 fully saturated rings. The molecule has 0 saturated carbocycles. The van der Waals surface area contributed by atoms with E-state index in [1.165, 1.54) is 20.3 Å². The fraction of sp³-hybridized carbons (Fsp3) is 0.548. The third-order valence-corrected chi connectivity index (χ3v) is 7.35. The summed E-state index contributed by atoms with van der Waals surface area (Å²) in [5.41, 5.74) is 6.59. The average molecular weight is 588 g/mol. The number of carbonyl (C=O) groups excluding carboxylic acids is 4. The first-order valence-corrected chi connectivity index (χ1v) is 14.2. The van der Waals surface area contributed by atoms with Crippen LogP contribution < -0.4 is 16.4 Å². The lowest BCUT2D eigenvalue weighted by Crippen LogP contribution is -2.38. The third kappa shape index (κ3) is 9.23. The number of rotatable bonds is 6. The Morgan fingerprint density at radius 3 is 2.45 bits per heavy atom. The van der Waals surface area contributed by atoms with Crippen LogP contribution in [-0.2, 0) is 28.6 Å². The second kappa shape index (κ2) is 16.2. The normalized spacial score (nSPS) is 31.7. The maximum Gasteiger partial charge on any atom is 0.405 e. The third-order valence-electron chi connectivity index (χ3n) is 7.35. The Bertz CT molecular complexity index is 1180. The first-order valence-electron chi connectivity index (χ1n) is 14.2. The van der Waals surface area contributed by atoms with Gasteiger partial charge in [-0.2, -0.15) is 0 Å². The minimum atomic E-state index is -0.995. The van der Waals surface area contributed by atoms with Crippen molar-refractivity contribution in [2.45, 2.75) is 78.3 Å². The summed E-state index contributed by atoms with van der Waals surface area (Å²) in [4.78, 5) is 51.4. The summed E-state index contributed by atoms with van der Waals surface area (Å²) in [7, 11) is 2.94. The molecule has 11 heteroatoms. The fourth-order valence-corrected chi connectivity index (χ4v) is 5.03. The molecule has 42 heavy (non-hydrogen) atoms. The molecule has 6 atom stereocenters. The molecule has 1 aliphatic carbocycles. The number of nitrogens with two attached hydrogens (primary N) is 1. The van der Waals surface area contributed by atoms with Gasteiger partial charge >= 0.3 is 6.09 Å². The molecule has 232 valence electrons. The molecule has 2 rings (SSSR count). The molecule has 1 aliphatic heterocycles. The van der Waals surface area contributed by atoms with Crippen molar-refractivity contribution in [3.8, 4) is 0 Å². The van der Waals surface area contributed by atoms with Crippen molar-refractivity contribution in [3.05, 3.63) is 58.5 Å². The Balaban J connectivity index is 2.61. The molecule has 0 radical (unpaired) electrons. The highest BCUT2D eigenvalue weighted by molar-refractivity contribution is 6.23. The van der Waals surface area contributed by atoms with Crippen molar-refractivity contribution in [2.24, 2.45) is 17.6 Å². The van der Waals surface area contributed by atoms with Gasteiger partial charge in [0.15, 0.2) is 6.10 Å². The number of primary amides is 1. The molecule has 1 heterocycles. The SMILES string of the molecule is CCCNC1=C2C[C@@H](C)C[C@H](OC)[C@H](O)[C@@H](C)/C=C(\C)[C@H](OC(N)=O)C(OC)/C=C\C=C(/C)C(=O)NC(=CC1=O)C2=O. The molecule has 5 N–H and O–H groups in total. The number of carbonyl (C=O) groups is 4. The standard InChI is InChI=1S/C31H45N3O8/c1-8-12-33-26-21-13-17(2)14-25(41-7)27(36)19(4)15-20(5)29(42-31(32)39)24(40-6)11-9-10-18(3)30(38)34-22(28(21)37)16-23(26)35/h9-11,15-17,19,24-25,27,29,33,36H,8,12-14H2,1-7H3,(H2,32,39)(H,34,38)/b11-9-,18-10+,20-15+/t17-,19+,24?,25+,27-,29+/m1/s1. The van der Waals surface area contributed by atoms with Gasteiger partial charge in [0.25, 0.3) is 5.91 Å². The maximum atomic E-state index is 13.6. The topological polar surface area (TPSA) is 166 Å². The van der Waals surface area contributed by atoms with Crippen LogP contribution in [0.25, 0.3) is 0 Å². The summed E-state index contributed by atoms with van der Waals surface area (Å²) in [6.45, 7) is 9.47. The van der Waals surface area contributed by atoms with Crippen molar-refractivity contribution < 1.29 is 38.5 Å². The van der Waals surface area contributed by atoms with E-state index in [0.29, 0.717) is 18.5 Å². The predicted molar refractivity (Wildman–Crippen MR) is 158 cm³/mol. The summed E-state index contributed by atoms with van der Waals surface area (Å²) in [6.07, 6.45) is 4.69. The number of aliphatic hydroxyl groups excluding tert-OH is 1. The number of hydrogen-bond donors (Lipinski definition) is 4. The van der Waals surface area contributed by atoms with Gasteiger partial charge in [0.1, 0.15) is 6.10 Å². The minimum Gasteiger partial charge on any atom is -0.439 e. The number of methoxy groups -OCH3 is 2. The van der Waals surface area contributed by atoms with E-state index >= 15 is 0 Å². The lowest BCUT2D eigenvalue weighted by Gasteiger charge is -2.30. The van der Waals surface area contributed by atoms with Crippen molar-refractivity contribution >= 4 is 23.6 Å². The molecule has 0 aromatic carbocycles. The van der Waals surface area contributed by atoms with Crippen LogP contribution in [0.3, 0.4) is 0 Å². The number of ether oxygens (including phenoxy) is 3. The van der Waals surface area contributed by atoms with Crippen LogP contribution in [0.5, 0.6) is 0 Å². The van der Waals surface area contributed by atoms with Crippen LogP contribution in [0, 0.1) is 11.8 Å². The second-order valence-electron chi connectivity index (χ2n) is 10.9. The van der Waals surface area contributed by atoms with Crippen LogP contribution in [0.1, 0.15) is 53.9 Å².